The number of nitrogens with zero attached hydrogens (tertiary/aromatic N) is 1. The topological polar surface area (TPSA) is 83.4 Å². The van der Waals surface area contributed by atoms with Crippen LogP contribution in [-0.4, -0.2) is 23.2 Å². The van der Waals surface area contributed by atoms with Crippen molar-refractivity contribution in [2.75, 3.05) is 11.4 Å². The molecule has 6 heteroatoms. The number of carbonyl (C=O) groups excluding carboxylic acids is 2. The van der Waals surface area contributed by atoms with Crippen LogP contribution in [0, 0.1) is 0 Å². The molecule has 1 aromatic heterocycles. The summed E-state index contributed by atoms with van der Waals surface area (Å²) in [5.41, 5.74) is 1.53. The zero-order valence-corrected chi connectivity index (χ0v) is 8.73. The van der Waals surface area contributed by atoms with Crippen LogP contribution in [0.4, 0.5) is 5.69 Å². The molecule has 1 aromatic carbocycles. The molecule has 0 unspecified atom stereocenters. The average Bonchev–Trinajstić information content (AvgIpc) is 2.78. The zero-order valence-electron chi connectivity index (χ0n) is 8.73. The van der Waals surface area contributed by atoms with Crippen molar-refractivity contribution in [2.24, 2.45) is 0 Å². The van der Waals surface area contributed by atoms with E-state index in [0.717, 1.165) is 0 Å². The number of anilines is 1. The third-order valence-electron chi connectivity index (χ3n) is 2.70. The molecule has 0 bridgehead atoms. The van der Waals surface area contributed by atoms with E-state index in [1.54, 1.807) is 18.2 Å². The molecule has 17 heavy (non-hydrogen) atoms. The van der Waals surface area contributed by atoms with Gasteiger partial charge in [-0.3, -0.25) is 14.6 Å². The number of rotatable bonds is 1. The van der Waals surface area contributed by atoms with E-state index in [9.17, 15) is 14.4 Å². The molecule has 1 saturated heterocycles. The molecule has 2 aromatic rings. The first-order valence-electron chi connectivity index (χ1n) is 5.08. The fourth-order valence-electron chi connectivity index (χ4n) is 1.93. The quantitative estimate of drug-likeness (QED) is 0.722. The number of nitrogens with one attached hydrogen (secondary N) is 1. The van der Waals surface area contributed by atoms with Crippen LogP contribution in [0.5, 0.6) is 0 Å². The number of benzene rings is 1. The molecular weight excluding hydrogens is 224 g/mol. The van der Waals surface area contributed by atoms with Gasteiger partial charge in [0.15, 0.2) is 11.4 Å². The fraction of sp³-hybridized carbons (Fsp3) is 0.182. The van der Waals surface area contributed by atoms with E-state index in [1.807, 2.05) is 0 Å². The number of H-pyrrole nitrogens is 1. The normalized spacial score (nSPS) is 16.1. The lowest BCUT2D eigenvalue weighted by Crippen LogP contribution is -2.24. The van der Waals surface area contributed by atoms with Crippen molar-refractivity contribution in [3.8, 4) is 0 Å². The summed E-state index contributed by atoms with van der Waals surface area (Å²) < 4.78 is 4.85. The van der Waals surface area contributed by atoms with E-state index in [-0.39, 0.29) is 24.7 Å². The number of aromatic amines is 1. The molecule has 1 amide bonds. The van der Waals surface area contributed by atoms with E-state index in [2.05, 4.69) is 4.98 Å². The Bertz CT molecular complexity index is 682. The molecule has 0 atom stereocenters. The van der Waals surface area contributed by atoms with E-state index in [0.29, 0.717) is 16.8 Å². The minimum Gasteiger partial charge on any atom is -0.408 e. The van der Waals surface area contributed by atoms with Crippen LogP contribution in [0.3, 0.4) is 0 Å². The van der Waals surface area contributed by atoms with Crippen molar-refractivity contribution in [3.05, 3.63) is 28.7 Å². The van der Waals surface area contributed by atoms with Gasteiger partial charge in [-0.05, 0) is 18.2 Å². The molecule has 2 heterocycles. The number of ketones is 1. The average molecular weight is 232 g/mol. The Kier molecular flexibility index (Phi) is 1.91. The zero-order chi connectivity index (χ0) is 12.0. The first kappa shape index (κ1) is 9.83. The van der Waals surface area contributed by atoms with Crippen LogP contribution >= 0.6 is 0 Å². The van der Waals surface area contributed by atoms with E-state index in [4.69, 9.17) is 4.42 Å². The fourth-order valence-corrected chi connectivity index (χ4v) is 1.93. The summed E-state index contributed by atoms with van der Waals surface area (Å²) in [4.78, 5) is 37.6. The molecule has 0 aliphatic carbocycles. The van der Waals surface area contributed by atoms with Crippen molar-refractivity contribution in [1.29, 1.82) is 0 Å². The number of hydrogen-bond donors (Lipinski definition) is 1. The SMILES string of the molecule is O=C1CC(=O)N(c2ccc3oc(=O)[nH]c3c2)C1. The van der Waals surface area contributed by atoms with Gasteiger partial charge >= 0.3 is 5.76 Å². The van der Waals surface area contributed by atoms with Gasteiger partial charge in [0.1, 0.15) is 0 Å². The Morgan fingerprint density at radius 2 is 2.06 bits per heavy atom. The van der Waals surface area contributed by atoms with Crippen LogP contribution in [0.1, 0.15) is 6.42 Å². The summed E-state index contributed by atoms with van der Waals surface area (Å²) in [5.74, 6) is -0.864. The third kappa shape index (κ3) is 1.54. The summed E-state index contributed by atoms with van der Waals surface area (Å²) in [5, 5.41) is 0. The van der Waals surface area contributed by atoms with Crippen LogP contribution in [0.15, 0.2) is 27.4 Å². The number of amides is 1. The van der Waals surface area contributed by atoms with Crippen molar-refractivity contribution in [1.82, 2.24) is 4.98 Å². The Morgan fingerprint density at radius 1 is 1.24 bits per heavy atom. The minimum atomic E-state index is -0.541. The molecular formula is C11H8N2O4. The van der Waals surface area contributed by atoms with Gasteiger partial charge in [-0.2, -0.15) is 0 Å². The highest BCUT2D eigenvalue weighted by atomic mass is 16.4. The number of fused-ring (bicyclic) bond motifs is 1. The Labute approximate surface area is 94.8 Å². The molecule has 1 fully saturated rings. The van der Waals surface area contributed by atoms with Crippen LogP contribution in [0.25, 0.3) is 11.1 Å². The lowest BCUT2D eigenvalue weighted by molar-refractivity contribution is -0.121. The monoisotopic (exact) mass is 232 g/mol. The number of Topliss-reactive ketones (excluding diaryl/α,β-unsaturated/α-hetero) is 1. The second-order valence-corrected chi connectivity index (χ2v) is 3.89. The molecule has 1 N–H and O–H groups in total. The van der Waals surface area contributed by atoms with Crippen molar-refractivity contribution >= 4 is 28.5 Å². The summed E-state index contributed by atoms with van der Waals surface area (Å²) in [6.07, 6.45) is -0.0556. The second-order valence-electron chi connectivity index (χ2n) is 3.89. The first-order chi connectivity index (χ1) is 8.13. The maximum absolute atomic E-state index is 11.5. The smallest absolute Gasteiger partial charge is 0.408 e. The predicted molar refractivity (Wildman–Crippen MR) is 58.8 cm³/mol. The van der Waals surface area contributed by atoms with Gasteiger partial charge in [-0.25, -0.2) is 4.79 Å². The molecule has 3 rings (SSSR count). The highest BCUT2D eigenvalue weighted by molar-refractivity contribution is 6.15. The van der Waals surface area contributed by atoms with E-state index in [1.165, 1.54) is 4.90 Å². The highest BCUT2D eigenvalue weighted by Crippen LogP contribution is 2.23. The van der Waals surface area contributed by atoms with Gasteiger partial charge in [0.2, 0.25) is 5.91 Å². The molecule has 1 aliphatic heterocycles. The lowest BCUT2D eigenvalue weighted by atomic mass is 10.2. The largest absolute Gasteiger partial charge is 0.417 e. The standard InChI is InChI=1S/C11H8N2O4/c14-7-4-10(15)13(5-7)6-1-2-9-8(3-6)12-11(16)17-9/h1-3H,4-5H2,(H,12,16). The molecule has 6 nitrogen and oxygen atoms in total. The third-order valence-corrected chi connectivity index (χ3v) is 2.70. The highest BCUT2D eigenvalue weighted by Gasteiger charge is 2.28. The van der Waals surface area contributed by atoms with Crippen LogP contribution in [0.2, 0.25) is 0 Å². The summed E-state index contributed by atoms with van der Waals surface area (Å²) in [7, 11) is 0. The molecule has 0 radical (unpaired) electrons. The van der Waals surface area contributed by atoms with Gasteiger partial charge in [0, 0.05) is 5.69 Å². The lowest BCUT2D eigenvalue weighted by Gasteiger charge is -2.13. The first-order valence-corrected chi connectivity index (χ1v) is 5.08. The minimum absolute atomic E-state index is 0.0556. The van der Waals surface area contributed by atoms with Crippen molar-refractivity contribution < 1.29 is 14.0 Å². The summed E-state index contributed by atoms with van der Waals surface area (Å²) in [6, 6.07) is 4.87. The number of hydrogen-bond acceptors (Lipinski definition) is 4. The number of oxazole rings is 1. The van der Waals surface area contributed by atoms with E-state index < -0.39 is 5.76 Å². The van der Waals surface area contributed by atoms with Gasteiger partial charge in [-0.15, -0.1) is 0 Å². The Hall–Kier alpha value is -2.37. The Morgan fingerprint density at radius 3 is 2.76 bits per heavy atom. The molecule has 1 aliphatic rings. The summed E-state index contributed by atoms with van der Waals surface area (Å²) in [6.45, 7) is 0.0897. The second kappa shape index (κ2) is 3.31. The van der Waals surface area contributed by atoms with E-state index >= 15 is 0 Å². The van der Waals surface area contributed by atoms with Gasteiger partial charge in [0.05, 0.1) is 18.5 Å². The number of aromatic nitrogens is 1. The molecule has 0 saturated carbocycles. The maximum atomic E-state index is 11.5. The van der Waals surface area contributed by atoms with Crippen LogP contribution < -0.4 is 10.7 Å². The predicted octanol–water partition coefficient (Wildman–Crippen LogP) is 0.427. The van der Waals surface area contributed by atoms with Crippen molar-refractivity contribution in [3.63, 3.8) is 0 Å². The van der Waals surface area contributed by atoms with Gasteiger partial charge in [-0.1, -0.05) is 0 Å². The molecule has 0 spiro atoms. The van der Waals surface area contributed by atoms with Crippen LogP contribution in [-0.2, 0) is 9.59 Å². The van der Waals surface area contributed by atoms with Gasteiger partial charge in [0.25, 0.3) is 0 Å². The maximum Gasteiger partial charge on any atom is 0.417 e. The Balaban J connectivity index is 2.08. The van der Waals surface area contributed by atoms with Gasteiger partial charge < -0.3 is 9.32 Å². The van der Waals surface area contributed by atoms with Crippen molar-refractivity contribution in [2.45, 2.75) is 6.42 Å². The number of carbonyl (C=O) groups is 2. The summed E-state index contributed by atoms with van der Waals surface area (Å²) >= 11 is 0. The molecule has 86 valence electrons.